The molecule has 27 heavy (non-hydrogen) atoms. The van der Waals surface area contributed by atoms with E-state index in [9.17, 15) is 0 Å². The van der Waals surface area contributed by atoms with Crippen molar-refractivity contribution >= 4 is 0 Å². The molecule has 0 aromatic heterocycles. The van der Waals surface area contributed by atoms with Crippen LogP contribution in [0.5, 0.6) is 0 Å². The zero-order valence-electron chi connectivity index (χ0n) is 17.6. The van der Waals surface area contributed by atoms with Crippen LogP contribution in [0.3, 0.4) is 0 Å². The Bertz CT molecular complexity index is 477. The largest absolute Gasteiger partial charge is 0.281 e. The molecule has 0 aliphatic rings. The predicted octanol–water partition coefficient (Wildman–Crippen LogP) is 6.04. The Morgan fingerprint density at radius 3 is 1.41 bits per heavy atom. The van der Waals surface area contributed by atoms with Crippen molar-refractivity contribution in [3.63, 3.8) is 0 Å². The molecule has 0 N–H and O–H groups in total. The number of nitrogens with zero attached hydrogens (tertiary/aromatic N) is 1. The maximum atomic E-state index is 5.26. The average Bonchev–Trinajstić information content (AvgIpc) is 2.68. The van der Waals surface area contributed by atoms with E-state index >= 15 is 0 Å². The molecule has 0 spiro atoms. The molecule has 0 fully saturated rings. The zero-order chi connectivity index (χ0) is 19.8. The molecular formula is C26H39N. The van der Waals surface area contributed by atoms with Crippen molar-refractivity contribution in [1.29, 1.82) is 0 Å². The molecular weight excluding hydrogens is 326 g/mol. The number of rotatable bonds is 15. The second-order valence-electron chi connectivity index (χ2n) is 7.01. The zero-order valence-corrected chi connectivity index (χ0v) is 17.6. The van der Waals surface area contributed by atoms with Crippen LogP contribution in [-0.4, -0.2) is 24.5 Å². The van der Waals surface area contributed by atoms with Crippen molar-refractivity contribution in [2.75, 3.05) is 19.6 Å². The minimum absolute atomic E-state index is 0.845. The predicted molar refractivity (Wildman–Crippen MR) is 120 cm³/mol. The van der Waals surface area contributed by atoms with Crippen molar-refractivity contribution in [2.45, 2.75) is 96.8 Å². The normalized spacial score (nSPS) is 9.63. The van der Waals surface area contributed by atoms with Crippen molar-refractivity contribution < 1.29 is 0 Å². The summed E-state index contributed by atoms with van der Waals surface area (Å²) in [5.74, 6) is 18.7. The Morgan fingerprint density at radius 2 is 1.00 bits per heavy atom. The van der Waals surface area contributed by atoms with E-state index in [1.54, 1.807) is 0 Å². The van der Waals surface area contributed by atoms with Gasteiger partial charge in [0.15, 0.2) is 0 Å². The molecule has 0 amide bonds. The molecule has 0 aromatic carbocycles. The summed E-state index contributed by atoms with van der Waals surface area (Å²) in [5, 5.41) is 0. The van der Waals surface area contributed by atoms with Crippen LogP contribution in [0.1, 0.15) is 96.8 Å². The Hall–Kier alpha value is -1.80. The summed E-state index contributed by atoms with van der Waals surface area (Å²) < 4.78 is 0. The second kappa shape index (κ2) is 22.2. The van der Waals surface area contributed by atoms with E-state index in [1.165, 1.54) is 51.4 Å². The number of hydrogen-bond donors (Lipinski definition) is 0. The summed E-state index contributed by atoms with van der Waals surface area (Å²) in [6, 6.07) is 0. The van der Waals surface area contributed by atoms with Gasteiger partial charge in [0.2, 0.25) is 0 Å². The summed E-state index contributed by atoms with van der Waals surface area (Å²) >= 11 is 0. The second-order valence-corrected chi connectivity index (χ2v) is 7.01. The highest BCUT2D eigenvalue weighted by Gasteiger charge is 1.99. The van der Waals surface area contributed by atoms with Gasteiger partial charge in [-0.2, -0.15) is 0 Å². The van der Waals surface area contributed by atoms with Gasteiger partial charge in [-0.3, -0.25) is 4.90 Å². The molecule has 0 bridgehead atoms. The van der Waals surface area contributed by atoms with Crippen molar-refractivity contribution in [2.24, 2.45) is 0 Å². The Morgan fingerprint density at radius 1 is 0.556 bits per heavy atom. The molecule has 0 heterocycles. The van der Waals surface area contributed by atoms with Gasteiger partial charge in [0.1, 0.15) is 0 Å². The molecule has 1 heteroatoms. The smallest absolute Gasteiger partial charge is 0.0609 e. The third-order valence-electron chi connectivity index (χ3n) is 4.43. The van der Waals surface area contributed by atoms with Gasteiger partial charge in [0.25, 0.3) is 0 Å². The van der Waals surface area contributed by atoms with Crippen LogP contribution in [0.25, 0.3) is 0 Å². The fourth-order valence-corrected chi connectivity index (χ4v) is 2.70. The number of hydrogen-bond acceptors (Lipinski definition) is 1. The third-order valence-corrected chi connectivity index (χ3v) is 4.43. The van der Waals surface area contributed by atoms with Crippen LogP contribution in [0, 0.1) is 48.4 Å². The molecule has 0 rings (SSSR count). The maximum Gasteiger partial charge on any atom is 0.0609 e. The third kappa shape index (κ3) is 20.4. The maximum absolute atomic E-state index is 5.26. The molecule has 0 unspecified atom stereocenters. The quantitative estimate of drug-likeness (QED) is 0.252. The fourth-order valence-electron chi connectivity index (χ4n) is 2.70. The molecule has 0 saturated carbocycles. The van der Waals surface area contributed by atoms with Crippen molar-refractivity contribution in [3.05, 3.63) is 0 Å². The topological polar surface area (TPSA) is 3.24 Å². The average molecular weight is 366 g/mol. The SMILES string of the molecule is C#CCCCCCCC#CCN(CC#CCCCCCCC#C)CCCC. The number of unbranched alkanes of at least 4 members (excludes halogenated alkanes) is 11. The summed E-state index contributed by atoms with van der Waals surface area (Å²) in [7, 11) is 0. The highest BCUT2D eigenvalue weighted by molar-refractivity contribution is 5.05. The lowest BCUT2D eigenvalue weighted by atomic mass is 10.1. The minimum atomic E-state index is 0.845. The minimum Gasteiger partial charge on any atom is -0.281 e. The number of terminal acetylenes is 2. The van der Waals surface area contributed by atoms with Crippen LogP contribution in [0.2, 0.25) is 0 Å². The van der Waals surface area contributed by atoms with Crippen molar-refractivity contribution in [3.8, 4) is 48.4 Å². The molecule has 1 nitrogen and oxygen atoms in total. The van der Waals surface area contributed by atoms with Gasteiger partial charge in [0.05, 0.1) is 13.1 Å². The molecule has 0 saturated heterocycles. The highest BCUT2D eigenvalue weighted by atomic mass is 15.1. The first kappa shape index (κ1) is 25.2. The van der Waals surface area contributed by atoms with Crippen LogP contribution >= 0.6 is 0 Å². The molecule has 0 atom stereocenters. The molecule has 148 valence electrons. The lowest BCUT2D eigenvalue weighted by molar-refractivity contribution is 0.338. The lowest BCUT2D eigenvalue weighted by Gasteiger charge is -2.15. The lowest BCUT2D eigenvalue weighted by Crippen LogP contribution is -2.25. The van der Waals surface area contributed by atoms with Gasteiger partial charge in [0, 0.05) is 32.2 Å². The van der Waals surface area contributed by atoms with Gasteiger partial charge < -0.3 is 0 Å². The van der Waals surface area contributed by atoms with Crippen LogP contribution < -0.4 is 0 Å². The molecule has 0 aliphatic heterocycles. The first-order valence-electron chi connectivity index (χ1n) is 10.9. The van der Waals surface area contributed by atoms with Gasteiger partial charge >= 0.3 is 0 Å². The van der Waals surface area contributed by atoms with Gasteiger partial charge in [-0.25, -0.2) is 0 Å². The summed E-state index contributed by atoms with van der Waals surface area (Å²) in [6.45, 7) is 5.02. The van der Waals surface area contributed by atoms with Crippen LogP contribution in [0.15, 0.2) is 0 Å². The van der Waals surface area contributed by atoms with Crippen molar-refractivity contribution in [1.82, 2.24) is 4.90 Å². The van der Waals surface area contributed by atoms with Gasteiger partial charge in [-0.1, -0.05) is 50.9 Å². The van der Waals surface area contributed by atoms with Gasteiger partial charge in [-0.05, 0) is 32.1 Å². The molecule has 0 aromatic rings. The van der Waals surface area contributed by atoms with E-state index in [4.69, 9.17) is 12.8 Å². The Kier molecular flexibility index (Phi) is 20.8. The van der Waals surface area contributed by atoms with E-state index < -0.39 is 0 Å². The summed E-state index contributed by atoms with van der Waals surface area (Å²) in [4.78, 5) is 2.38. The monoisotopic (exact) mass is 365 g/mol. The Balaban J connectivity index is 3.89. The van der Waals surface area contributed by atoms with E-state index in [1.807, 2.05) is 0 Å². The standard InChI is InChI=1S/C26H39N/c1-4-7-10-12-14-16-18-20-22-25-27(24-9-6-3)26-23-21-19-17-15-13-11-8-5-2/h1-2H,6-19,24-26H2,3H3. The van der Waals surface area contributed by atoms with Crippen LogP contribution in [-0.2, 0) is 0 Å². The van der Waals surface area contributed by atoms with E-state index in [0.717, 1.165) is 58.2 Å². The highest BCUT2D eigenvalue weighted by Crippen LogP contribution is 2.05. The first-order chi connectivity index (χ1) is 13.3. The summed E-state index contributed by atoms with van der Waals surface area (Å²) in [6.07, 6.45) is 26.4. The van der Waals surface area contributed by atoms with Crippen LogP contribution in [0.4, 0.5) is 0 Å². The fraction of sp³-hybridized carbons (Fsp3) is 0.692. The van der Waals surface area contributed by atoms with Gasteiger partial charge in [-0.15, -0.1) is 36.5 Å². The van der Waals surface area contributed by atoms with E-state index in [2.05, 4.69) is 47.3 Å². The first-order valence-corrected chi connectivity index (χ1v) is 10.9. The van der Waals surface area contributed by atoms with E-state index in [0.29, 0.717) is 0 Å². The summed E-state index contributed by atoms with van der Waals surface area (Å²) in [5.41, 5.74) is 0. The molecule has 0 radical (unpaired) electrons. The Labute approximate surface area is 170 Å². The van der Waals surface area contributed by atoms with E-state index in [-0.39, 0.29) is 0 Å². The molecule has 0 aliphatic carbocycles.